The predicted molar refractivity (Wildman–Crippen MR) is 143 cm³/mol. The molecule has 208 valence electrons. The van der Waals surface area contributed by atoms with Gasteiger partial charge in [-0.25, -0.2) is 4.79 Å². The van der Waals surface area contributed by atoms with E-state index in [4.69, 9.17) is 4.74 Å². The highest BCUT2D eigenvalue weighted by Crippen LogP contribution is 2.74. The zero-order chi connectivity index (χ0) is 27.5. The van der Waals surface area contributed by atoms with Crippen LogP contribution in [0.25, 0.3) is 0 Å². The Morgan fingerprint density at radius 2 is 1.70 bits per heavy atom. The van der Waals surface area contributed by atoms with E-state index in [1.54, 1.807) is 0 Å². The molecule has 0 aromatic carbocycles. The van der Waals surface area contributed by atoms with Gasteiger partial charge in [-0.1, -0.05) is 39.3 Å². The van der Waals surface area contributed by atoms with Gasteiger partial charge in [-0.2, -0.15) is 0 Å². The largest absolute Gasteiger partial charge is 0.478 e. The lowest BCUT2D eigenvalue weighted by Gasteiger charge is -2.69. The predicted octanol–water partition coefficient (Wildman–Crippen LogP) is 5.67. The van der Waals surface area contributed by atoms with Gasteiger partial charge >= 0.3 is 11.9 Å². The van der Waals surface area contributed by atoms with Crippen molar-refractivity contribution >= 4 is 11.9 Å². The summed E-state index contributed by atoms with van der Waals surface area (Å²) in [6.07, 6.45) is 6.22. The number of aliphatic carboxylic acids is 1. The van der Waals surface area contributed by atoms with Crippen molar-refractivity contribution in [2.75, 3.05) is 0 Å². The van der Waals surface area contributed by atoms with E-state index in [0.717, 1.165) is 36.8 Å². The van der Waals surface area contributed by atoms with Crippen LogP contribution in [0.4, 0.5) is 0 Å². The molecule has 3 N–H and O–H groups in total. The average Bonchev–Trinajstić information content (AvgIpc) is 3.05. The Balaban J connectivity index is 1.82. The molecule has 10 atom stereocenters. The van der Waals surface area contributed by atoms with Gasteiger partial charge in [0.05, 0.1) is 12.2 Å². The minimum absolute atomic E-state index is 0.0474. The second-order valence-corrected chi connectivity index (χ2v) is 13.6. The summed E-state index contributed by atoms with van der Waals surface area (Å²) in [5, 5.41) is 32.9. The van der Waals surface area contributed by atoms with Crippen LogP contribution in [-0.4, -0.2) is 45.6 Å². The minimum atomic E-state index is -0.953. The first kappa shape index (κ1) is 28.4. The Kier molecular flexibility index (Phi) is 7.53. The molecule has 4 aliphatic rings. The fourth-order valence-electron chi connectivity index (χ4n) is 9.79. The zero-order valence-corrected chi connectivity index (χ0v) is 23.8. The van der Waals surface area contributed by atoms with E-state index < -0.39 is 24.1 Å². The lowest BCUT2D eigenvalue weighted by Crippen LogP contribution is -2.65. The zero-order valence-electron chi connectivity index (χ0n) is 23.8. The molecule has 0 saturated heterocycles. The number of aliphatic hydroxyl groups excluding tert-OH is 2. The van der Waals surface area contributed by atoms with E-state index in [1.807, 2.05) is 19.9 Å². The first-order valence-corrected chi connectivity index (χ1v) is 14.3. The lowest BCUT2D eigenvalue weighted by molar-refractivity contribution is -0.234. The SMILES string of the molecule is CC(=O)O[C@@H]1C[C@]2(C)[C@H](C[C@H](O)[C@@H]3[C@]4(C)CC[C@H](O)[C@H](C)[C@H]4CC[C@]32C)/C1=C(\CCC=C(C)C)C(=O)O. The molecule has 6 heteroatoms. The third-order valence-corrected chi connectivity index (χ3v) is 11.6. The van der Waals surface area contributed by atoms with Crippen molar-refractivity contribution in [3.63, 3.8) is 0 Å². The van der Waals surface area contributed by atoms with Gasteiger partial charge < -0.3 is 20.1 Å². The fourth-order valence-corrected chi connectivity index (χ4v) is 9.79. The van der Waals surface area contributed by atoms with E-state index in [-0.39, 0.29) is 40.1 Å². The first-order valence-electron chi connectivity index (χ1n) is 14.3. The number of fused-ring (bicyclic) bond motifs is 5. The second-order valence-electron chi connectivity index (χ2n) is 13.6. The number of carbonyl (C=O) groups excluding carboxylic acids is 1. The first-order chi connectivity index (χ1) is 17.2. The third-order valence-electron chi connectivity index (χ3n) is 11.6. The average molecular weight is 517 g/mol. The van der Waals surface area contributed by atoms with Crippen molar-refractivity contribution in [1.29, 1.82) is 0 Å². The quantitative estimate of drug-likeness (QED) is 0.247. The van der Waals surface area contributed by atoms with Gasteiger partial charge in [0.2, 0.25) is 0 Å². The maximum absolute atomic E-state index is 12.6. The summed E-state index contributed by atoms with van der Waals surface area (Å²) in [5.41, 5.74) is 1.57. The van der Waals surface area contributed by atoms with Crippen molar-refractivity contribution in [3.8, 4) is 0 Å². The highest BCUT2D eigenvalue weighted by molar-refractivity contribution is 5.88. The summed E-state index contributed by atoms with van der Waals surface area (Å²) in [4.78, 5) is 24.8. The van der Waals surface area contributed by atoms with E-state index >= 15 is 0 Å². The number of esters is 1. The van der Waals surface area contributed by atoms with Crippen molar-refractivity contribution < 1.29 is 29.6 Å². The monoisotopic (exact) mass is 516 g/mol. The summed E-state index contributed by atoms with van der Waals surface area (Å²) in [6, 6.07) is 0. The molecule has 4 rings (SSSR count). The normalized spacial score (nSPS) is 46.2. The number of hydrogen-bond acceptors (Lipinski definition) is 5. The summed E-state index contributed by atoms with van der Waals surface area (Å²) in [5.74, 6) is -0.909. The van der Waals surface area contributed by atoms with Gasteiger partial charge in [-0.15, -0.1) is 0 Å². The molecule has 0 aromatic rings. The van der Waals surface area contributed by atoms with Crippen LogP contribution in [0.3, 0.4) is 0 Å². The van der Waals surface area contributed by atoms with Crippen molar-refractivity contribution in [2.45, 2.75) is 118 Å². The lowest BCUT2D eigenvalue weighted by atomic mass is 9.36. The van der Waals surface area contributed by atoms with Gasteiger partial charge in [-0.05, 0) is 111 Å². The highest BCUT2D eigenvalue weighted by Gasteiger charge is 2.70. The molecule has 6 nitrogen and oxygen atoms in total. The molecule has 0 radical (unpaired) electrons. The third kappa shape index (κ3) is 4.40. The minimum Gasteiger partial charge on any atom is -0.478 e. The molecule has 0 bridgehead atoms. The smallest absolute Gasteiger partial charge is 0.331 e. The number of hydrogen-bond donors (Lipinski definition) is 3. The van der Waals surface area contributed by atoms with Crippen LogP contribution in [0.15, 0.2) is 22.8 Å². The van der Waals surface area contributed by atoms with Crippen LogP contribution < -0.4 is 0 Å². The van der Waals surface area contributed by atoms with Crippen LogP contribution in [0.2, 0.25) is 0 Å². The molecular formula is C31H48O6. The standard InChI is InChI=1S/C31H48O6/c1-17(2)9-8-10-20(28(35)36)26-22-15-24(34)27-29(5)13-12-23(33)18(3)21(29)11-14-30(27,6)31(22,7)16-25(26)37-19(4)32/h9,18,21-25,27,33-34H,8,10-16H2,1-7H3,(H,35,36)/b26-20-/t18-,21-,22-,23+,24+,25-,27-,29-,30-,31-/m1/s1. The molecule has 0 spiro atoms. The van der Waals surface area contributed by atoms with Crippen LogP contribution >= 0.6 is 0 Å². The molecule has 0 aromatic heterocycles. The Bertz CT molecular complexity index is 994. The second kappa shape index (κ2) is 9.82. The molecule has 4 aliphatic carbocycles. The fraction of sp³-hybridized carbons (Fsp3) is 0.806. The van der Waals surface area contributed by atoms with E-state index in [0.29, 0.717) is 37.2 Å². The van der Waals surface area contributed by atoms with Gasteiger partial charge in [0.15, 0.2) is 0 Å². The maximum atomic E-state index is 12.6. The number of allylic oxidation sites excluding steroid dienone is 2. The Morgan fingerprint density at radius 1 is 1.03 bits per heavy atom. The number of rotatable bonds is 5. The number of carboxylic acid groups (broad SMARTS) is 1. The summed E-state index contributed by atoms with van der Waals surface area (Å²) >= 11 is 0. The maximum Gasteiger partial charge on any atom is 0.331 e. The van der Waals surface area contributed by atoms with Crippen molar-refractivity contribution in [3.05, 3.63) is 22.8 Å². The number of carboxylic acids is 1. The molecule has 0 unspecified atom stereocenters. The molecule has 4 fully saturated rings. The summed E-state index contributed by atoms with van der Waals surface area (Å²) in [7, 11) is 0. The van der Waals surface area contributed by atoms with Gasteiger partial charge in [-0.3, -0.25) is 4.79 Å². The van der Waals surface area contributed by atoms with Crippen molar-refractivity contribution in [2.24, 2.45) is 39.9 Å². The van der Waals surface area contributed by atoms with Crippen LogP contribution in [-0.2, 0) is 14.3 Å². The van der Waals surface area contributed by atoms with E-state index in [9.17, 15) is 24.9 Å². The Morgan fingerprint density at radius 3 is 2.30 bits per heavy atom. The van der Waals surface area contributed by atoms with Crippen LogP contribution in [0, 0.1) is 39.9 Å². The molecule has 4 saturated carbocycles. The van der Waals surface area contributed by atoms with Gasteiger partial charge in [0.1, 0.15) is 6.10 Å². The number of aliphatic hydroxyl groups is 2. The molecule has 0 aliphatic heterocycles. The Labute approximate surface area is 222 Å². The van der Waals surface area contributed by atoms with E-state index in [1.165, 1.54) is 6.92 Å². The topological polar surface area (TPSA) is 104 Å². The summed E-state index contributed by atoms with van der Waals surface area (Å²) in [6.45, 7) is 14.5. The van der Waals surface area contributed by atoms with Crippen LogP contribution in [0.5, 0.6) is 0 Å². The molecule has 37 heavy (non-hydrogen) atoms. The van der Waals surface area contributed by atoms with E-state index in [2.05, 4.69) is 27.7 Å². The van der Waals surface area contributed by atoms with Crippen molar-refractivity contribution in [1.82, 2.24) is 0 Å². The molecular weight excluding hydrogens is 468 g/mol. The number of ether oxygens (including phenoxy) is 1. The number of carbonyl (C=O) groups is 2. The molecule has 0 heterocycles. The highest BCUT2D eigenvalue weighted by atomic mass is 16.5. The Hall–Kier alpha value is -1.66. The summed E-state index contributed by atoms with van der Waals surface area (Å²) < 4.78 is 5.87. The van der Waals surface area contributed by atoms with Gasteiger partial charge in [0.25, 0.3) is 0 Å². The van der Waals surface area contributed by atoms with Crippen LogP contribution in [0.1, 0.15) is 99.8 Å². The molecule has 0 amide bonds. The van der Waals surface area contributed by atoms with Gasteiger partial charge in [0, 0.05) is 12.5 Å².